The first-order valence-corrected chi connectivity index (χ1v) is 11.2. The molecule has 7 heteroatoms. The summed E-state index contributed by atoms with van der Waals surface area (Å²) in [4.78, 5) is 31.2. The highest BCUT2D eigenvalue weighted by Gasteiger charge is 2.17. The maximum atomic E-state index is 12.9. The summed E-state index contributed by atoms with van der Waals surface area (Å²) in [6.07, 6.45) is 1.70. The molecule has 0 atom stereocenters. The van der Waals surface area contributed by atoms with Gasteiger partial charge < -0.3 is 4.90 Å². The Balaban J connectivity index is 1.64. The molecule has 0 spiro atoms. The van der Waals surface area contributed by atoms with E-state index in [2.05, 4.69) is 4.98 Å². The van der Waals surface area contributed by atoms with Crippen LogP contribution in [0.15, 0.2) is 72.9 Å². The van der Waals surface area contributed by atoms with Gasteiger partial charge >= 0.3 is 0 Å². The van der Waals surface area contributed by atoms with Crippen molar-refractivity contribution in [2.45, 2.75) is 13.1 Å². The fourth-order valence-corrected chi connectivity index (χ4v) is 3.94. The van der Waals surface area contributed by atoms with Crippen LogP contribution in [0.5, 0.6) is 0 Å². The monoisotopic (exact) mass is 458 g/mol. The van der Waals surface area contributed by atoms with Gasteiger partial charge in [-0.1, -0.05) is 65.7 Å². The average molecular weight is 459 g/mol. The molecule has 3 aromatic rings. The number of hydrogen-bond donors (Lipinski definition) is 0. The first-order valence-electron chi connectivity index (χ1n) is 9.30. The van der Waals surface area contributed by atoms with Crippen LogP contribution in [0, 0.1) is 0 Å². The number of carbonyl (C=O) groups excluding carboxylic acids is 2. The number of pyridine rings is 1. The molecule has 30 heavy (non-hydrogen) atoms. The Morgan fingerprint density at radius 3 is 2.33 bits per heavy atom. The van der Waals surface area contributed by atoms with Crippen molar-refractivity contribution in [3.05, 3.63) is 99.8 Å². The lowest BCUT2D eigenvalue weighted by Crippen LogP contribution is -2.32. The third kappa shape index (κ3) is 6.59. The van der Waals surface area contributed by atoms with E-state index in [1.165, 1.54) is 11.8 Å². The molecule has 1 heterocycles. The van der Waals surface area contributed by atoms with Crippen LogP contribution in [0.1, 0.15) is 21.6 Å². The van der Waals surface area contributed by atoms with E-state index in [4.69, 9.17) is 23.2 Å². The Morgan fingerprint density at radius 1 is 0.867 bits per heavy atom. The SMILES string of the molecule is O=C(CSCC(=O)N(Cc1ccc(Cl)c(Cl)c1)Cc1ccccn1)c1ccccc1. The van der Waals surface area contributed by atoms with Gasteiger partial charge in [0.1, 0.15) is 0 Å². The van der Waals surface area contributed by atoms with E-state index in [-0.39, 0.29) is 23.2 Å². The summed E-state index contributed by atoms with van der Waals surface area (Å²) >= 11 is 13.4. The number of ketones is 1. The Hall–Kier alpha value is -2.34. The molecule has 2 aromatic carbocycles. The first-order chi connectivity index (χ1) is 14.5. The van der Waals surface area contributed by atoms with Crippen LogP contribution in [-0.2, 0) is 17.9 Å². The van der Waals surface area contributed by atoms with E-state index in [1.54, 1.807) is 35.4 Å². The Bertz CT molecular complexity index is 1000. The molecule has 0 aliphatic heterocycles. The summed E-state index contributed by atoms with van der Waals surface area (Å²) in [5.41, 5.74) is 2.31. The minimum Gasteiger partial charge on any atom is -0.332 e. The summed E-state index contributed by atoms with van der Waals surface area (Å²) in [5.74, 6) is 0.388. The zero-order valence-electron chi connectivity index (χ0n) is 16.1. The van der Waals surface area contributed by atoms with Gasteiger partial charge in [-0.2, -0.15) is 0 Å². The molecule has 0 fully saturated rings. The zero-order valence-corrected chi connectivity index (χ0v) is 18.5. The van der Waals surface area contributed by atoms with Gasteiger partial charge in [0.05, 0.1) is 33.8 Å². The molecule has 0 unspecified atom stereocenters. The van der Waals surface area contributed by atoms with E-state index in [9.17, 15) is 9.59 Å². The van der Waals surface area contributed by atoms with Crippen LogP contribution in [-0.4, -0.2) is 33.1 Å². The normalized spacial score (nSPS) is 10.6. The van der Waals surface area contributed by atoms with E-state index in [1.807, 2.05) is 42.5 Å². The molecular formula is C23H20Cl2N2O2S. The molecule has 0 saturated carbocycles. The number of Topliss-reactive ketones (excluding diaryl/α,β-unsaturated/α-hetero) is 1. The fraction of sp³-hybridized carbons (Fsp3) is 0.174. The molecule has 0 saturated heterocycles. The van der Waals surface area contributed by atoms with Crippen molar-refractivity contribution >= 4 is 46.7 Å². The number of amides is 1. The molecule has 0 N–H and O–H groups in total. The number of rotatable bonds is 9. The predicted molar refractivity (Wildman–Crippen MR) is 123 cm³/mol. The van der Waals surface area contributed by atoms with Crippen molar-refractivity contribution in [3.8, 4) is 0 Å². The molecule has 0 aliphatic carbocycles. The number of hydrogen-bond acceptors (Lipinski definition) is 4. The molecule has 1 aromatic heterocycles. The van der Waals surface area contributed by atoms with Crippen molar-refractivity contribution in [1.29, 1.82) is 0 Å². The van der Waals surface area contributed by atoms with Crippen molar-refractivity contribution in [2.75, 3.05) is 11.5 Å². The molecule has 0 aliphatic rings. The van der Waals surface area contributed by atoms with Crippen LogP contribution in [0.3, 0.4) is 0 Å². The number of benzene rings is 2. The zero-order chi connectivity index (χ0) is 21.3. The molecule has 0 radical (unpaired) electrons. The lowest BCUT2D eigenvalue weighted by atomic mass is 10.2. The number of carbonyl (C=O) groups is 2. The molecule has 1 amide bonds. The molecule has 154 valence electrons. The lowest BCUT2D eigenvalue weighted by molar-refractivity contribution is -0.129. The van der Waals surface area contributed by atoms with Crippen molar-refractivity contribution in [1.82, 2.24) is 9.88 Å². The molecule has 0 bridgehead atoms. The summed E-state index contributed by atoms with van der Waals surface area (Å²) in [7, 11) is 0. The quantitative estimate of drug-likeness (QED) is 0.395. The van der Waals surface area contributed by atoms with Gasteiger partial charge in [-0.15, -0.1) is 11.8 Å². The molecule has 4 nitrogen and oxygen atoms in total. The lowest BCUT2D eigenvalue weighted by Gasteiger charge is -2.23. The van der Waals surface area contributed by atoms with E-state index < -0.39 is 0 Å². The topological polar surface area (TPSA) is 50.3 Å². The van der Waals surface area contributed by atoms with Gasteiger partial charge in [-0.25, -0.2) is 0 Å². The second-order valence-electron chi connectivity index (χ2n) is 6.60. The fourth-order valence-electron chi connectivity index (χ4n) is 2.81. The van der Waals surface area contributed by atoms with Crippen LogP contribution < -0.4 is 0 Å². The van der Waals surface area contributed by atoms with Gasteiger partial charge in [0.15, 0.2) is 5.78 Å². The number of thioether (sulfide) groups is 1. The Labute approximate surface area is 190 Å². The summed E-state index contributed by atoms with van der Waals surface area (Å²) in [6, 6.07) is 20.0. The minimum absolute atomic E-state index is 0.00848. The summed E-state index contributed by atoms with van der Waals surface area (Å²) in [5, 5.41) is 0.917. The maximum Gasteiger partial charge on any atom is 0.233 e. The highest BCUT2D eigenvalue weighted by atomic mass is 35.5. The van der Waals surface area contributed by atoms with E-state index in [0.29, 0.717) is 28.7 Å². The van der Waals surface area contributed by atoms with E-state index >= 15 is 0 Å². The molecule has 3 rings (SSSR count). The summed E-state index contributed by atoms with van der Waals surface area (Å²) in [6.45, 7) is 0.743. The highest BCUT2D eigenvalue weighted by molar-refractivity contribution is 8.00. The Kier molecular flexibility index (Phi) is 8.31. The Morgan fingerprint density at radius 2 is 1.63 bits per heavy atom. The standard InChI is InChI=1S/C23H20Cl2N2O2S/c24-20-10-9-17(12-21(20)25)13-27(14-19-8-4-5-11-26-19)23(29)16-30-15-22(28)18-6-2-1-3-7-18/h1-12H,13-16H2. The molecular weight excluding hydrogens is 439 g/mol. The van der Waals surface area contributed by atoms with Gasteiger partial charge in [-0.05, 0) is 29.8 Å². The summed E-state index contributed by atoms with van der Waals surface area (Å²) < 4.78 is 0. The van der Waals surface area contributed by atoms with Crippen LogP contribution in [0.4, 0.5) is 0 Å². The van der Waals surface area contributed by atoms with Crippen LogP contribution >= 0.6 is 35.0 Å². The van der Waals surface area contributed by atoms with Gasteiger partial charge in [0.25, 0.3) is 0 Å². The number of halogens is 2. The van der Waals surface area contributed by atoms with Crippen LogP contribution in [0.25, 0.3) is 0 Å². The van der Waals surface area contributed by atoms with Crippen molar-refractivity contribution in [3.63, 3.8) is 0 Å². The van der Waals surface area contributed by atoms with Gasteiger partial charge in [-0.3, -0.25) is 14.6 Å². The number of nitrogens with zero attached hydrogens (tertiary/aromatic N) is 2. The third-order valence-electron chi connectivity index (χ3n) is 4.34. The maximum absolute atomic E-state index is 12.9. The smallest absolute Gasteiger partial charge is 0.233 e. The average Bonchev–Trinajstić information content (AvgIpc) is 2.77. The van der Waals surface area contributed by atoms with Crippen LogP contribution in [0.2, 0.25) is 10.0 Å². The minimum atomic E-state index is -0.0717. The van der Waals surface area contributed by atoms with Crippen molar-refractivity contribution in [2.24, 2.45) is 0 Å². The van der Waals surface area contributed by atoms with E-state index in [0.717, 1.165) is 11.3 Å². The largest absolute Gasteiger partial charge is 0.332 e. The van der Waals surface area contributed by atoms with Crippen molar-refractivity contribution < 1.29 is 9.59 Å². The van der Waals surface area contributed by atoms with Gasteiger partial charge in [0, 0.05) is 18.3 Å². The second-order valence-corrected chi connectivity index (χ2v) is 8.40. The third-order valence-corrected chi connectivity index (χ3v) is 6.00. The number of aromatic nitrogens is 1. The first kappa shape index (κ1) is 22.3. The second kappa shape index (κ2) is 11.2. The highest BCUT2D eigenvalue weighted by Crippen LogP contribution is 2.24. The predicted octanol–water partition coefficient (Wildman–Crippen LogP) is 5.53. The van der Waals surface area contributed by atoms with Gasteiger partial charge in [0.2, 0.25) is 5.91 Å².